The van der Waals surface area contributed by atoms with E-state index in [-0.39, 0.29) is 18.4 Å². The van der Waals surface area contributed by atoms with Crippen LogP contribution in [0.1, 0.15) is 22.7 Å². The number of halogens is 2. The Morgan fingerprint density at radius 1 is 1.07 bits per heavy atom. The monoisotopic (exact) mass is 399 g/mol. The van der Waals surface area contributed by atoms with Gasteiger partial charge in [0.1, 0.15) is 0 Å². The molecule has 0 saturated carbocycles. The third-order valence-electron chi connectivity index (χ3n) is 4.66. The average molecular weight is 400 g/mol. The van der Waals surface area contributed by atoms with Gasteiger partial charge in [0.05, 0.1) is 21.3 Å². The summed E-state index contributed by atoms with van der Waals surface area (Å²) >= 11 is 0. The zero-order valence-electron chi connectivity index (χ0n) is 15.3. The quantitative estimate of drug-likeness (QED) is 0.670. The highest BCUT2D eigenvalue weighted by Gasteiger charge is 2.27. The second-order valence-electron chi connectivity index (χ2n) is 6.12. The molecule has 1 aliphatic heterocycles. The second-order valence-corrected chi connectivity index (χ2v) is 6.12. The molecule has 2 aromatic carbocycles. The number of benzene rings is 2. The van der Waals surface area contributed by atoms with Crippen molar-refractivity contribution >= 4 is 12.4 Å². The fourth-order valence-electron chi connectivity index (χ4n) is 3.40. The fourth-order valence-corrected chi connectivity index (χ4v) is 3.40. The van der Waals surface area contributed by atoms with Gasteiger partial charge in [-0.3, -0.25) is 0 Å². The van der Waals surface area contributed by atoms with Crippen molar-refractivity contribution in [2.24, 2.45) is 0 Å². The summed E-state index contributed by atoms with van der Waals surface area (Å²) in [5.74, 6) is -0.326. The van der Waals surface area contributed by atoms with Crippen LogP contribution in [0.25, 0.3) is 0 Å². The van der Waals surface area contributed by atoms with Gasteiger partial charge in [0, 0.05) is 6.04 Å². The number of fused-ring (bicyclic) bond motifs is 1. The maximum absolute atomic E-state index is 14.3. The average Bonchev–Trinajstić information content (AvgIpc) is 2.66. The van der Waals surface area contributed by atoms with Gasteiger partial charge >= 0.3 is 0 Å². The largest absolute Gasteiger partial charge is 0.504 e. The van der Waals surface area contributed by atoms with E-state index in [0.717, 1.165) is 5.56 Å². The van der Waals surface area contributed by atoms with Crippen LogP contribution in [-0.2, 0) is 12.8 Å². The zero-order chi connectivity index (χ0) is 18.8. The molecule has 0 saturated heterocycles. The molecule has 0 aliphatic carbocycles. The van der Waals surface area contributed by atoms with Gasteiger partial charge in [-0.2, -0.15) is 0 Å². The highest BCUT2D eigenvalue weighted by Crippen LogP contribution is 2.41. The number of rotatable bonds is 5. The molecule has 0 bridgehead atoms. The summed E-state index contributed by atoms with van der Waals surface area (Å²) in [6, 6.07) is 4.88. The van der Waals surface area contributed by atoms with Crippen LogP contribution >= 0.6 is 12.4 Å². The lowest BCUT2D eigenvalue weighted by Gasteiger charge is -2.28. The number of phenolic OH excluding ortho intramolecular Hbond substituents is 2. The van der Waals surface area contributed by atoms with Crippen LogP contribution in [0.4, 0.5) is 4.39 Å². The summed E-state index contributed by atoms with van der Waals surface area (Å²) in [4.78, 5) is 0. The topological polar surface area (TPSA) is 80.2 Å². The first-order valence-electron chi connectivity index (χ1n) is 8.25. The van der Waals surface area contributed by atoms with Crippen molar-refractivity contribution in [2.75, 3.05) is 27.9 Å². The van der Waals surface area contributed by atoms with Crippen molar-refractivity contribution in [1.29, 1.82) is 0 Å². The Hall–Kier alpha value is -2.38. The Labute approximate surface area is 163 Å². The minimum absolute atomic E-state index is 0. The van der Waals surface area contributed by atoms with Gasteiger partial charge in [-0.25, -0.2) is 4.39 Å². The van der Waals surface area contributed by atoms with E-state index in [9.17, 15) is 14.6 Å². The number of hydrogen-bond acceptors (Lipinski definition) is 6. The SMILES string of the molecule is COc1cc(CC2NCCc3c2cc(O)c(O)c3F)cc(OC)c1OC.Cl. The van der Waals surface area contributed by atoms with E-state index in [2.05, 4.69) is 5.32 Å². The first-order chi connectivity index (χ1) is 12.5. The predicted octanol–water partition coefficient (Wildman–Crippen LogP) is 3.11. The Morgan fingerprint density at radius 3 is 2.26 bits per heavy atom. The third kappa shape index (κ3) is 3.84. The molecule has 1 unspecified atom stereocenters. The van der Waals surface area contributed by atoms with E-state index in [1.165, 1.54) is 13.2 Å². The predicted molar refractivity (Wildman–Crippen MR) is 101 cm³/mol. The van der Waals surface area contributed by atoms with Crippen LogP contribution < -0.4 is 19.5 Å². The molecule has 8 heteroatoms. The normalized spacial score (nSPS) is 15.5. The van der Waals surface area contributed by atoms with E-state index >= 15 is 0 Å². The summed E-state index contributed by atoms with van der Waals surface area (Å²) in [5, 5.41) is 22.8. The Kier molecular flexibility index (Phi) is 6.62. The van der Waals surface area contributed by atoms with Gasteiger partial charge in [0.2, 0.25) is 5.75 Å². The molecular weight excluding hydrogens is 377 g/mol. The molecule has 0 radical (unpaired) electrons. The lowest BCUT2D eigenvalue weighted by Crippen LogP contribution is -2.32. The molecule has 1 atom stereocenters. The molecule has 0 spiro atoms. The van der Waals surface area contributed by atoms with E-state index < -0.39 is 17.3 Å². The van der Waals surface area contributed by atoms with E-state index in [1.54, 1.807) is 14.2 Å². The smallest absolute Gasteiger partial charge is 0.203 e. The van der Waals surface area contributed by atoms with Crippen LogP contribution in [0, 0.1) is 5.82 Å². The molecule has 0 amide bonds. The van der Waals surface area contributed by atoms with Gasteiger partial charge in [0.15, 0.2) is 28.8 Å². The zero-order valence-corrected chi connectivity index (χ0v) is 16.2. The molecule has 2 aromatic rings. The summed E-state index contributed by atoms with van der Waals surface area (Å²) < 4.78 is 30.4. The minimum atomic E-state index is -0.753. The molecule has 0 fully saturated rings. The van der Waals surface area contributed by atoms with Crippen LogP contribution in [0.2, 0.25) is 0 Å². The number of methoxy groups -OCH3 is 3. The molecule has 3 N–H and O–H groups in total. The summed E-state index contributed by atoms with van der Waals surface area (Å²) in [7, 11) is 4.63. The van der Waals surface area contributed by atoms with Gasteiger partial charge in [-0.15, -0.1) is 12.4 Å². The number of aromatic hydroxyl groups is 2. The van der Waals surface area contributed by atoms with Gasteiger partial charge < -0.3 is 29.7 Å². The minimum Gasteiger partial charge on any atom is -0.504 e. The molecule has 1 aliphatic rings. The van der Waals surface area contributed by atoms with Crippen molar-refractivity contribution in [3.63, 3.8) is 0 Å². The van der Waals surface area contributed by atoms with Crippen LogP contribution in [0.5, 0.6) is 28.7 Å². The fraction of sp³-hybridized carbons (Fsp3) is 0.368. The Bertz CT molecular complexity index is 805. The molecular formula is C19H23ClFNO5. The highest BCUT2D eigenvalue weighted by atomic mass is 35.5. The van der Waals surface area contributed by atoms with Crippen molar-refractivity contribution in [3.05, 3.63) is 40.7 Å². The first-order valence-corrected chi connectivity index (χ1v) is 8.25. The molecule has 0 aromatic heterocycles. The summed E-state index contributed by atoms with van der Waals surface area (Å²) in [5.41, 5.74) is 1.96. The lowest BCUT2D eigenvalue weighted by atomic mass is 9.89. The van der Waals surface area contributed by atoms with Crippen molar-refractivity contribution < 1.29 is 28.8 Å². The standard InChI is InChI=1S/C19H22FNO5.ClH/c1-24-15-7-10(8-16(25-2)19(15)26-3)6-13-12-9-14(22)18(23)17(20)11(12)4-5-21-13;/h7-9,13,21-23H,4-6H2,1-3H3;1H. The van der Waals surface area contributed by atoms with Crippen LogP contribution in [0.15, 0.2) is 18.2 Å². The molecule has 27 heavy (non-hydrogen) atoms. The van der Waals surface area contributed by atoms with Crippen molar-refractivity contribution in [2.45, 2.75) is 18.9 Å². The van der Waals surface area contributed by atoms with Gasteiger partial charge in [-0.1, -0.05) is 0 Å². The Morgan fingerprint density at radius 2 is 1.70 bits per heavy atom. The highest BCUT2D eigenvalue weighted by molar-refractivity contribution is 5.85. The van der Waals surface area contributed by atoms with E-state index in [0.29, 0.717) is 47.8 Å². The van der Waals surface area contributed by atoms with E-state index in [1.807, 2.05) is 12.1 Å². The van der Waals surface area contributed by atoms with Gasteiger partial charge in [-0.05, 0) is 54.3 Å². The maximum Gasteiger partial charge on any atom is 0.203 e. The number of nitrogens with one attached hydrogen (secondary N) is 1. The molecule has 1 heterocycles. The number of ether oxygens (including phenoxy) is 3. The lowest BCUT2D eigenvalue weighted by molar-refractivity contribution is 0.323. The van der Waals surface area contributed by atoms with Crippen LogP contribution in [-0.4, -0.2) is 38.1 Å². The number of phenols is 2. The first kappa shape index (κ1) is 20.9. The third-order valence-corrected chi connectivity index (χ3v) is 4.66. The van der Waals surface area contributed by atoms with Crippen molar-refractivity contribution in [3.8, 4) is 28.7 Å². The Balaban J connectivity index is 0.00000261. The van der Waals surface area contributed by atoms with Crippen LogP contribution in [0.3, 0.4) is 0 Å². The summed E-state index contributed by atoms with van der Waals surface area (Å²) in [6.45, 7) is 0.573. The molecule has 3 rings (SSSR count). The van der Waals surface area contributed by atoms with E-state index in [4.69, 9.17) is 14.2 Å². The maximum atomic E-state index is 14.3. The van der Waals surface area contributed by atoms with Crippen molar-refractivity contribution in [1.82, 2.24) is 5.32 Å². The van der Waals surface area contributed by atoms with Gasteiger partial charge in [0.25, 0.3) is 0 Å². The summed E-state index contributed by atoms with van der Waals surface area (Å²) in [6.07, 6.45) is 0.966. The second kappa shape index (κ2) is 8.54. The molecule has 6 nitrogen and oxygen atoms in total. The molecule has 148 valence electrons. The number of hydrogen-bond donors (Lipinski definition) is 3.